The maximum Gasteiger partial charge on any atom is 0.331 e. The molecular formula is C21H30N2O5S. The van der Waals surface area contributed by atoms with Crippen molar-refractivity contribution in [2.75, 3.05) is 26.2 Å². The Morgan fingerprint density at radius 2 is 1.69 bits per heavy atom. The summed E-state index contributed by atoms with van der Waals surface area (Å²) >= 11 is 0. The van der Waals surface area contributed by atoms with E-state index >= 15 is 0 Å². The van der Waals surface area contributed by atoms with E-state index in [1.54, 1.807) is 37.8 Å². The van der Waals surface area contributed by atoms with Crippen molar-refractivity contribution in [2.24, 2.45) is 0 Å². The summed E-state index contributed by atoms with van der Waals surface area (Å²) in [6, 6.07) is 6.29. The third-order valence-electron chi connectivity index (χ3n) is 4.94. The second-order valence-electron chi connectivity index (χ2n) is 6.96. The highest BCUT2D eigenvalue weighted by Gasteiger charge is 2.24. The molecule has 8 heteroatoms. The molecule has 1 aromatic rings. The van der Waals surface area contributed by atoms with Crippen LogP contribution in [-0.4, -0.2) is 61.8 Å². The molecule has 1 atom stereocenters. The predicted molar refractivity (Wildman–Crippen MR) is 112 cm³/mol. The third kappa shape index (κ3) is 6.14. The van der Waals surface area contributed by atoms with Crippen molar-refractivity contribution in [1.29, 1.82) is 0 Å². The Hall–Kier alpha value is -2.19. The van der Waals surface area contributed by atoms with Crippen LogP contribution in [0.2, 0.25) is 0 Å². The highest BCUT2D eigenvalue weighted by atomic mass is 32.2. The number of amides is 1. The lowest BCUT2D eigenvalue weighted by Gasteiger charge is -2.28. The van der Waals surface area contributed by atoms with Crippen LogP contribution >= 0.6 is 0 Å². The average molecular weight is 423 g/mol. The standard InChI is InChI=1S/C21H30N2O5S/c1-4-23(5-2)29(26,27)19-12-9-18(10-13-19)11-14-20(24)28-17(3)21(25)22-15-7-6-8-16-22/h9-14,17H,4-8,15-16H2,1-3H3/b14-11+/t17-/m1/s1. The quantitative estimate of drug-likeness (QED) is 0.475. The maximum absolute atomic E-state index is 12.5. The molecule has 1 fully saturated rings. The number of carbonyl (C=O) groups is 2. The maximum atomic E-state index is 12.5. The average Bonchev–Trinajstić information content (AvgIpc) is 2.73. The fourth-order valence-corrected chi connectivity index (χ4v) is 4.72. The van der Waals surface area contributed by atoms with E-state index in [0.717, 1.165) is 19.3 Å². The van der Waals surface area contributed by atoms with E-state index in [2.05, 4.69) is 0 Å². The second kappa shape index (κ2) is 10.5. The molecule has 0 unspecified atom stereocenters. The second-order valence-corrected chi connectivity index (χ2v) is 8.89. The summed E-state index contributed by atoms with van der Waals surface area (Å²) in [6.07, 6.45) is 5.03. The summed E-state index contributed by atoms with van der Waals surface area (Å²) in [6.45, 7) is 7.39. The van der Waals surface area contributed by atoms with Crippen LogP contribution in [0.15, 0.2) is 35.2 Å². The fourth-order valence-electron chi connectivity index (χ4n) is 3.26. The van der Waals surface area contributed by atoms with Crippen molar-refractivity contribution in [3.63, 3.8) is 0 Å². The molecule has 0 aliphatic carbocycles. The molecule has 0 radical (unpaired) electrons. The molecule has 160 valence electrons. The number of sulfonamides is 1. The Morgan fingerprint density at radius 1 is 1.10 bits per heavy atom. The number of hydrogen-bond acceptors (Lipinski definition) is 5. The van der Waals surface area contributed by atoms with Gasteiger partial charge in [-0.05, 0) is 50.0 Å². The molecule has 1 aliphatic rings. The van der Waals surface area contributed by atoms with Gasteiger partial charge in [0.25, 0.3) is 5.91 Å². The summed E-state index contributed by atoms with van der Waals surface area (Å²) in [5.74, 6) is -0.778. The first-order chi connectivity index (χ1) is 13.8. The Balaban J connectivity index is 1.95. The summed E-state index contributed by atoms with van der Waals surface area (Å²) < 4.78 is 31.6. The van der Waals surface area contributed by atoms with Crippen LogP contribution in [-0.2, 0) is 24.3 Å². The predicted octanol–water partition coefficient (Wildman–Crippen LogP) is 2.67. The first-order valence-corrected chi connectivity index (χ1v) is 11.5. The number of esters is 1. The van der Waals surface area contributed by atoms with Crippen LogP contribution in [0.1, 0.15) is 45.6 Å². The van der Waals surface area contributed by atoms with Gasteiger partial charge in [0.15, 0.2) is 6.10 Å². The van der Waals surface area contributed by atoms with Gasteiger partial charge < -0.3 is 9.64 Å². The number of carbonyl (C=O) groups excluding carboxylic acids is 2. The van der Waals surface area contributed by atoms with Gasteiger partial charge in [0.2, 0.25) is 10.0 Å². The number of ether oxygens (including phenoxy) is 1. The Morgan fingerprint density at radius 3 is 2.24 bits per heavy atom. The first-order valence-electron chi connectivity index (χ1n) is 10.1. The van der Waals surface area contributed by atoms with Crippen molar-refractivity contribution in [3.05, 3.63) is 35.9 Å². The molecule has 2 rings (SSSR count). The van der Waals surface area contributed by atoms with Gasteiger partial charge in [-0.15, -0.1) is 0 Å². The number of rotatable bonds is 8. The molecule has 0 aromatic heterocycles. The highest BCUT2D eigenvalue weighted by molar-refractivity contribution is 7.89. The smallest absolute Gasteiger partial charge is 0.331 e. The Bertz CT molecular complexity index is 823. The molecule has 1 heterocycles. The summed E-state index contributed by atoms with van der Waals surface area (Å²) in [5, 5.41) is 0. The van der Waals surface area contributed by atoms with E-state index in [1.165, 1.54) is 28.6 Å². The largest absolute Gasteiger partial charge is 0.449 e. The Labute approximate surface area is 173 Å². The monoisotopic (exact) mass is 422 g/mol. The molecule has 0 saturated carbocycles. The van der Waals surface area contributed by atoms with E-state index < -0.39 is 22.1 Å². The first kappa shape index (κ1) is 23.1. The number of benzene rings is 1. The minimum Gasteiger partial charge on any atom is -0.449 e. The zero-order chi connectivity index (χ0) is 21.4. The number of likely N-dealkylation sites (tertiary alicyclic amines) is 1. The zero-order valence-corrected chi connectivity index (χ0v) is 18.2. The summed E-state index contributed by atoms with van der Waals surface area (Å²) in [5.41, 5.74) is 0.662. The molecule has 0 spiro atoms. The van der Waals surface area contributed by atoms with Crippen molar-refractivity contribution < 1.29 is 22.7 Å². The lowest BCUT2D eigenvalue weighted by molar-refractivity contribution is -0.155. The van der Waals surface area contributed by atoms with Gasteiger partial charge in [-0.2, -0.15) is 4.31 Å². The van der Waals surface area contributed by atoms with Gasteiger partial charge in [0, 0.05) is 32.3 Å². The molecule has 1 aliphatic heterocycles. The molecular weight excluding hydrogens is 392 g/mol. The summed E-state index contributed by atoms with van der Waals surface area (Å²) in [4.78, 5) is 26.3. The van der Waals surface area contributed by atoms with Crippen molar-refractivity contribution in [3.8, 4) is 0 Å². The van der Waals surface area contributed by atoms with Gasteiger partial charge in [-0.1, -0.05) is 26.0 Å². The van der Waals surface area contributed by atoms with E-state index in [-0.39, 0.29) is 10.8 Å². The van der Waals surface area contributed by atoms with Crippen LogP contribution in [0.25, 0.3) is 6.08 Å². The van der Waals surface area contributed by atoms with Crippen LogP contribution in [0.3, 0.4) is 0 Å². The lowest BCUT2D eigenvalue weighted by atomic mass is 10.1. The van der Waals surface area contributed by atoms with Crippen LogP contribution in [0.4, 0.5) is 0 Å². The zero-order valence-electron chi connectivity index (χ0n) is 17.3. The van der Waals surface area contributed by atoms with E-state index in [9.17, 15) is 18.0 Å². The van der Waals surface area contributed by atoms with Crippen LogP contribution in [0, 0.1) is 0 Å². The van der Waals surface area contributed by atoms with Gasteiger partial charge in [-0.3, -0.25) is 4.79 Å². The lowest BCUT2D eigenvalue weighted by Crippen LogP contribution is -2.42. The number of piperidine rings is 1. The van der Waals surface area contributed by atoms with Gasteiger partial charge >= 0.3 is 5.97 Å². The normalized spacial score (nSPS) is 16.2. The molecule has 0 bridgehead atoms. The van der Waals surface area contributed by atoms with E-state index in [0.29, 0.717) is 31.7 Å². The van der Waals surface area contributed by atoms with Crippen molar-refractivity contribution >= 4 is 28.0 Å². The number of nitrogens with zero attached hydrogens (tertiary/aromatic N) is 2. The molecule has 0 N–H and O–H groups in total. The molecule has 1 aromatic carbocycles. The topological polar surface area (TPSA) is 84.0 Å². The Kier molecular flexibility index (Phi) is 8.40. The molecule has 1 saturated heterocycles. The number of hydrogen-bond donors (Lipinski definition) is 0. The molecule has 1 amide bonds. The molecule has 29 heavy (non-hydrogen) atoms. The van der Waals surface area contributed by atoms with Gasteiger partial charge in [-0.25, -0.2) is 13.2 Å². The fraction of sp³-hybridized carbons (Fsp3) is 0.524. The van der Waals surface area contributed by atoms with E-state index in [1.807, 2.05) is 0 Å². The summed E-state index contributed by atoms with van der Waals surface area (Å²) in [7, 11) is -3.51. The van der Waals surface area contributed by atoms with Gasteiger partial charge in [0.1, 0.15) is 0 Å². The third-order valence-corrected chi connectivity index (χ3v) is 7.01. The van der Waals surface area contributed by atoms with Crippen molar-refractivity contribution in [1.82, 2.24) is 9.21 Å². The van der Waals surface area contributed by atoms with Gasteiger partial charge in [0.05, 0.1) is 4.90 Å². The van der Waals surface area contributed by atoms with Crippen LogP contribution in [0.5, 0.6) is 0 Å². The molecule has 7 nitrogen and oxygen atoms in total. The minimum absolute atomic E-state index is 0.169. The SMILES string of the molecule is CCN(CC)S(=O)(=O)c1ccc(/C=C/C(=O)O[C@H](C)C(=O)N2CCCCC2)cc1. The van der Waals surface area contributed by atoms with E-state index in [4.69, 9.17) is 4.74 Å². The van der Waals surface area contributed by atoms with Crippen molar-refractivity contribution in [2.45, 2.75) is 51.0 Å². The highest BCUT2D eigenvalue weighted by Crippen LogP contribution is 2.17. The van der Waals surface area contributed by atoms with Crippen LogP contribution < -0.4 is 0 Å². The minimum atomic E-state index is -3.51.